The Morgan fingerprint density at radius 2 is 1.61 bits per heavy atom. The maximum Gasteiger partial charge on any atom is 0.321 e. The van der Waals surface area contributed by atoms with E-state index in [9.17, 15) is 9.90 Å². The Hall–Kier alpha value is -0.570. The van der Waals surface area contributed by atoms with Gasteiger partial charge in [-0.25, -0.2) is 0 Å². The smallest absolute Gasteiger partial charge is 0.321 e. The van der Waals surface area contributed by atoms with Crippen LogP contribution in [-0.4, -0.2) is 34.6 Å². The highest BCUT2D eigenvalue weighted by molar-refractivity contribution is 5.73. The first kappa shape index (κ1) is 12.5. The highest BCUT2D eigenvalue weighted by Gasteiger charge is 2.46. The SMILES string of the molecule is CC(C)C(C(=O)O)N1CC2CC3CC(C2)CC1C3. The van der Waals surface area contributed by atoms with E-state index in [0.29, 0.717) is 6.04 Å². The molecule has 0 aromatic rings. The summed E-state index contributed by atoms with van der Waals surface area (Å²) in [5.41, 5.74) is 0. The lowest BCUT2D eigenvalue weighted by Gasteiger charge is -2.41. The van der Waals surface area contributed by atoms with E-state index in [4.69, 9.17) is 0 Å². The second-order valence-electron chi connectivity index (χ2n) is 7.15. The second-order valence-corrected chi connectivity index (χ2v) is 7.15. The Labute approximate surface area is 110 Å². The van der Waals surface area contributed by atoms with Gasteiger partial charge in [-0.15, -0.1) is 0 Å². The van der Waals surface area contributed by atoms with Crippen molar-refractivity contribution in [2.45, 2.75) is 58.0 Å². The average Bonchev–Trinajstić information content (AvgIpc) is 2.42. The molecule has 0 aromatic heterocycles. The van der Waals surface area contributed by atoms with Gasteiger partial charge < -0.3 is 5.11 Å². The first-order chi connectivity index (χ1) is 8.54. The second kappa shape index (κ2) is 4.52. The van der Waals surface area contributed by atoms with Crippen LogP contribution in [0.25, 0.3) is 0 Å². The molecule has 0 spiro atoms. The fourth-order valence-electron chi connectivity index (χ4n) is 4.97. The molecular weight excluding hydrogens is 226 g/mol. The van der Waals surface area contributed by atoms with E-state index < -0.39 is 5.97 Å². The first-order valence-electron chi connectivity index (χ1n) is 7.53. The number of hydrogen-bond acceptors (Lipinski definition) is 2. The number of aliphatic carboxylic acids is 1. The van der Waals surface area contributed by atoms with Crippen molar-refractivity contribution in [3.63, 3.8) is 0 Å². The summed E-state index contributed by atoms with van der Waals surface area (Å²) in [5, 5.41) is 9.54. The molecule has 3 atom stereocenters. The van der Waals surface area contributed by atoms with Gasteiger partial charge in [-0.3, -0.25) is 9.69 Å². The standard InChI is InChI=1S/C15H25NO2/c1-9(2)14(15(17)18)16-8-12-4-10-3-11(5-12)7-13(16)6-10/h9-14H,3-8H2,1-2H3,(H,17,18). The molecule has 2 heterocycles. The summed E-state index contributed by atoms with van der Waals surface area (Å²) < 4.78 is 0. The monoisotopic (exact) mass is 251 g/mol. The number of carboxylic acid groups (broad SMARTS) is 1. The molecule has 3 heteroatoms. The Morgan fingerprint density at radius 1 is 1.06 bits per heavy atom. The number of carbonyl (C=O) groups is 1. The molecular formula is C15H25NO2. The topological polar surface area (TPSA) is 40.5 Å². The predicted octanol–water partition coefficient (Wildman–Crippen LogP) is 2.61. The molecule has 2 aliphatic carbocycles. The molecule has 18 heavy (non-hydrogen) atoms. The van der Waals surface area contributed by atoms with E-state index in [0.717, 1.165) is 24.3 Å². The van der Waals surface area contributed by atoms with Crippen molar-refractivity contribution in [3.05, 3.63) is 0 Å². The summed E-state index contributed by atoms with van der Waals surface area (Å²) in [6, 6.07) is 0.276. The highest BCUT2D eigenvalue weighted by Crippen LogP contribution is 2.48. The van der Waals surface area contributed by atoms with E-state index in [-0.39, 0.29) is 12.0 Å². The largest absolute Gasteiger partial charge is 0.480 e. The molecule has 2 saturated carbocycles. The van der Waals surface area contributed by atoms with Gasteiger partial charge in [0, 0.05) is 12.6 Å². The first-order valence-corrected chi connectivity index (χ1v) is 7.53. The zero-order valence-electron chi connectivity index (χ0n) is 11.5. The van der Waals surface area contributed by atoms with Crippen LogP contribution in [0.2, 0.25) is 0 Å². The Balaban J connectivity index is 1.86. The summed E-state index contributed by atoms with van der Waals surface area (Å²) in [6.07, 6.45) is 6.63. The lowest BCUT2D eigenvalue weighted by atomic mass is 9.68. The van der Waals surface area contributed by atoms with Gasteiger partial charge >= 0.3 is 5.97 Å². The third kappa shape index (κ3) is 2.07. The van der Waals surface area contributed by atoms with Crippen molar-refractivity contribution in [1.29, 1.82) is 0 Å². The van der Waals surface area contributed by atoms with Gasteiger partial charge in [0.2, 0.25) is 0 Å². The zero-order valence-corrected chi connectivity index (χ0v) is 11.5. The molecule has 4 rings (SSSR count). The molecule has 4 aliphatic rings. The number of nitrogens with zero attached hydrogens (tertiary/aromatic N) is 1. The minimum Gasteiger partial charge on any atom is -0.480 e. The number of carboxylic acids is 1. The van der Waals surface area contributed by atoms with Crippen molar-refractivity contribution < 1.29 is 9.90 Å². The van der Waals surface area contributed by atoms with Crippen LogP contribution < -0.4 is 0 Å². The van der Waals surface area contributed by atoms with Gasteiger partial charge in [0.25, 0.3) is 0 Å². The third-order valence-electron chi connectivity index (χ3n) is 5.39. The van der Waals surface area contributed by atoms with Crippen LogP contribution in [-0.2, 0) is 4.79 Å². The predicted molar refractivity (Wildman–Crippen MR) is 70.3 cm³/mol. The van der Waals surface area contributed by atoms with Crippen LogP contribution in [0.5, 0.6) is 0 Å². The van der Waals surface area contributed by atoms with E-state index in [1.165, 1.54) is 32.1 Å². The molecule has 2 aliphatic heterocycles. The van der Waals surface area contributed by atoms with Crippen LogP contribution in [0.4, 0.5) is 0 Å². The molecule has 102 valence electrons. The number of rotatable bonds is 3. The summed E-state index contributed by atoms with van der Waals surface area (Å²) in [7, 11) is 0. The molecule has 4 fully saturated rings. The molecule has 0 aromatic carbocycles. The van der Waals surface area contributed by atoms with E-state index >= 15 is 0 Å². The highest BCUT2D eigenvalue weighted by atomic mass is 16.4. The lowest BCUT2D eigenvalue weighted by molar-refractivity contribution is -0.146. The molecule has 3 unspecified atom stereocenters. The van der Waals surface area contributed by atoms with Crippen LogP contribution >= 0.6 is 0 Å². The molecule has 4 bridgehead atoms. The van der Waals surface area contributed by atoms with E-state index in [2.05, 4.69) is 4.90 Å². The molecule has 0 amide bonds. The minimum absolute atomic E-state index is 0.207. The molecule has 0 radical (unpaired) electrons. The van der Waals surface area contributed by atoms with Gasteiger partial charge in [0.05, 0.1) is 0 Å². The average molecular weight is 251 g/mol. The Morgan fingerprint density at radius 3 is 2.11 bits per heavy atom. The van der Waals surface area contributed by atoms with Gasteiger partial charge in [-0.2, -0.15) is 0 Å². The Kier molecular flexibility index (Phi) is 3.13. The van der Waals surface area contributed by atoms with Crippen LogP contribution in [0.1, 0.15) is 46.0 Å². The van der Waals surface area contributed by atoms with E-state index in [1.807, 2.05) is 13.8 Å². The summed E-state index contributed by atoms with van der Waals surface area (Å²) in [4.78, 5) is 14.0. The fraction of sp³-hybridized carbons (Fsp3) is 0.933. The summed E-state index contributed by atoms with van der Waals surface area (Å²) in [5.74, 6) is 2.13. The normalized spacial score (nSPS) is 41.1. The summed E-state index contributed by atoms with van der Waals surface area (Å²) >= 11 is 0. The number of hydrogen-bond donors (Lipinski definition) is 1. The van der Waals surface area contributed by atoms with Crippen LogP contribution in [0.3, 0.4) is 0 Å². The summed E-state index contributed by atoms with van der Waals surface area (Å²) in [6.45, 7) is 5.13. The third-order valence-corrected chi connectivity index (χ3v) is 5.39. The fourth-order valence-corrected chi connectivity index (χ4v) is 4.97. The van der Waals surface area contributed by atoms with Crippen LogP contribution in [0, 0.1) is 23.7 Å². The number of fused-ring (bicyclic) bond motifs is 1. The van der Waals surface area contributed by atoms with Gasteiger partial charge in [0.1, 0.15) is 6.04 Å². The van der Waals surface area contributed by atoms with Crippen molar-refractivity contribution >= 4 is 5.97 Å². The zero-order chi connectivity index (χ0) is 12.9. The van der Waals surface area contributed by atoms with Crippen molar-refractivity contribution in [1.82, 2.24) is 4.90 Å². The molecule has 2 saturated heterocycles. The van der Waals surface area contributed by atoms with Crippen LogP contribution in [0.15, 0.2) is 0 Å². The van der Waals surface area contributed by atoms with E-state index in [1.54, 1.807) is 0 Å². The molecule has 3 nitrogen and oxygen atoms in total. The molecule has 1 N–H and O–H groups in total. The van der Waals surface area contributed by atoms with Gasteiger partial charge in [0.15, 0.2) is 0 Å². The van der Waals surface area contributed by atoms with Crippen molar-refractivity contribution in [2.24, 2.45) is 23.7 Å². The Bertz CT molecular complexity index is 327. The van der Waals surface area contributed by atoms with Gasteiger partial charge in [-0.1, -0.05) is 13.8 Å². The maximum absolute atomic E-state index is 11.6. The van der Waals surface area contributed by atoms with Gasteiger partial charge in [-0.05, 0) is 55.8 Å². The van der Waals surface area contributed by atoms with Crippen molar-refractivity contribution in [3.8, 4) is 0 Å². The van der Waals surface area contributed by atoms with Crippen molar-refractivity contribution in [2.75, 3.05) is 6.54 Å². The maximum atomic E-state index is 11.6. The minimum atomic E-state index is -0.619. The lowest BCUT2D eigenvalue weighted by Crippen LogP contribution is -2.51. The quantitative estimate of drug-likeness (QED) is 0.838.